The minimum Gasteiger partial charge on any atom is -0.320 e. The van der Waals surface area contributed by atoms with Gasteiger partial charge < -0.3 is 11.1 Å². The van der Waals surface area contributed by atoms with E-state index in [1.807, 2.05) is 24.3 Å². The molecule has 0 radical (unpaired) electrons. The maximum Gasteiger partial charge on any atom is 0.242 e. The average molecular weight is 316 g/mol. The van der Waals surface area contributed by atoms with E-state index in [1.165, 1.54) is 0 Å². The lowest BCUT2D eigenvalue weighted by Gasteiger charge is -2.21. The average Bonchev–Trinajstić information content (AvgIpc) is 2.63. The minimum atomic E-state index is -0.516. The monoisotopic (exact) mass is 316 g/mol. The molecule has 1 aromatic carbocycles. The molecule has 0 fully saturated rings. The highest BCUT2D eigenvalue weighted by Gasteiger charge is 2.23. The van der Waals surface area contributed by atoms with Crippen molar-refractivity contribution in [1.29, 1.82) is 0 Å². The third-order valence-electron chi connectivity index (χ3n) is 4.19. The van der Waals surface area contributed by atoms with Crippen molar-refractivity contribution >= 4 is 11.7 Å². The van der Waals surface area contributed by atoms with Gasteiger partial charge in [0, 0.05) is 30.6 Å². The van der Waals surface area contributed by atoms with Crippen LogP contribution >= 0.6 is 0 Å². The fourth-order valence-electron chi connectivity index (χ4n) is 2.90. The molecule has 1 aliphatic rings. The standard InChI is InChI=1S/C19H16N4O/c20-17-10-15-9-16(11-22-18(15)23-19(17)24)14-3-1-2-13(8-14)12-4-6-21-7-5-12/h1-9,11,17H,10,20H2,(H,22,23,24). The zero-order valence-electron chi connectivity index (χ0n) is 12.9. The number of nitrogens with two attached hydrogens (primary N) is 1. The smallest absolute Gasteiger partial charge is 0.242 e. The fourth-order valence-corrected chi connectivity index (χ4v) is 2.90. The summed E-state index contributed by atoms with van der Waals surface area (Å²) in [7, 11) is 0. The molecule has 5 nitrogen and oxygen atoms in total. The Labute approximate surface area is 139 Å². The number of carbonyl (C=O) groups excluding carboxylic acids is 1. The van der Waals surface area contributed by atoms with Crippen molar-refractivity contribution in [2.24, 2.45) is 5.73 Å². The van der Waals surface area contributed by atoms with Crippen LogP contribution in [0.4, 0.5) is 5.82 Å². The van der Waals surface area contributed by atoms with Crippen LogP contribution < -0.4 is 11.1 Å². The Morgan fingerprint density at radius 1 is 1.00 bits per heavy atom. The first-order chi connectivity index (χ1) is 11.7. The van der Waals surface area contributed by atoms with Crippen LogP contribution in [-0.2, 0) is 11.2 Å². The number of rotatable bonds is 2. The van der Waals surface area contributed by atoms with Gasteiger partial charge >= 0.3 is 0 Å². The van der Waals surface area contributed by atoms with Crippen molar-refractivity contribution in [2.75, 3.05) is 5.32 Å². The molecular weight excluding hydrogens is 300 g/mol. The van der Waals surface area contributed by atoms with E-state index in [0.29, 0.717) is 12.2 Å². The fraction of sp³-hybridized carbons (Fsp3) is 0.105. The van der Waals surface area contributed by atoms with Gasteiger partial charge in [-0.15, -0.1) is 0 Å². The van der Waals surface area contributed by atoms with Crippen LogP contribution in [-0.4, -0.2) is 21.9 Å². The molecule has 0 bridgehead atoms. The van der Waals surface area contributed by atoms with E-state index in [4.69, 9.17) is 5.73 Å². The van der Waals surface area contributed by atoms with Gasteiger partial charge in [-0.05, 0) is 46.5 Å². The van der Waals surface area contributed by atoms with E-state index in [0.717, 1.165) is 27.8 Å². The number of aromatic nitrogens is 2. The van der Waals surface area contributed by atoms with E-state index < -0.39 is 6.04 Å². The van der Waals surface area contributed by atoms with Crippen LogP contribution in [0.5, 0.6) is 0 Å². The highest BCUT2D eigenvalue weighted by Crippen LogP contribution is 2.29. The molecule has 24 heavy (non-hydrogen) atoms. The SMILES string of the molecule is NC1Cc2cc(-c3cccc(-c4ccncc4)c3)cnc2NC1=O. The molecule has 3 aromatic rings. The molecule has 1 amide bonds. The van der Waals surface area contributed by atoms with E-state index >= 15 is 0 Å². The summed E-state index contributed by atoms with van der Waals surface area (Å²) >= 11 is 0. The molecular formula is C19H16N4O. The van der Waals surface area contributed by atoms with E-state index in [2.05, 4.69) is 33.5 Å². The predicted octanol–water partition coefficient (Wildman–Crippen LogP) is 2.63. The molecule has 0 aliphatic carbocycles. The summed E-state index contributed by atoms with van der Waals surface area (Å²) in [5.41, 5.74) is 11.1. The van der Waals surface area contributed by atoms with E-state index in [1.54, 1.807) is 18.6 Å². The number of anilines is 1. The maximum atomic E-state index is 11.6. The molecule has 1 aliphatic heterocycles. The minimum absolute atomic E-state index is 0.178. The van der Waals surface area contributed by atoms with Gasteiger partial charge in [0.1, 0.15) is 5.82 Å². The Kier molecular flexibility index (Phi) is 3.55. The molecule has 3 N–H and O–H groups in total. The third kappa shape index (κ3) is 2.66. The summed E-state index contributed by atoms with van der Waals surface area (Å²) in [5.74, 6) is 0.429. The predicted molar refractivity (Wildman–Crippen MR) is 93.2 cm³/mol. The topological polar surface area (TPSA) is 80.9 Å². The van der Waals surface area contributed by atoms with Crippen LogP contribution in [0.15, 0.2) is 61.1 Å². The lowest BCUT2D eigenvalue weighted by molar-refractivity contribution is -0.117. The molecule has 5 heteroatoms. The van der Waals surface area contributed by atoms with Crippen LogP contribution in [0.2, 0.25) is 0 Å². The Morgan fingerprint density at radius 2 is 1.75 bits per heavy atom. The second-order valence-corrected chi connectivity index (χ2v) is 5.85. The van der Waals surface area contributed by atoms with Gasteiger partial charge in [0.05, 0.1) is 6.04 Å². The summed E-state index contributed by atoms with van der Waals surface area (Å²) in [6.45, 7) is 0. The lowest BCUT2D eigenvalue weighted by Crippen LogP contribution is -2.41. The van der Waals surface area contributed by atoms with Gasteiger partial charge in [-0.3, -0.25) is 9.78 Å². The molecule has 3 heterocycles. The number of carbonyl (C=O) groups is 1. The number of hydrogen-bond acceptors (Lipinski definition) is 4. The van der Waals surface area contributed by atoms with E-state index in [9.17, 15) is 4.79 Å². The number of pyridine rings is 2. The molecule has 1 atom stereocenters. The molecule has 118 valence electrons. The van der Waals surface area contributed by atoms with Crippen molar-refractivity contribution in [1.82, 2.24) is 9.97 Å². The highest BCUT2D eigenvalue weighted by atomic mass is 16.2. The molecule has 0 saturated carbocycles. The second kappa shape index (κ2) is 5.86. The lowest BCUT2D eigenvalue weighted by atomic mass is 9.97. The Hall–Kier alpha value is -3.05. The van der Waals surface area contributed by atoms with Gasteiger partial charge in [0.25, 0.3) is 0 Å². The number of hydrogen-bond donors (Lipinski definition) is 2. The zero-order chi connectivity index (χ0) is 16.5. The number of nitrogens with zero attached hydrogens (tertiary/aromatic N) is 2. The van der Waals surface area contributed by atoms with Crippen molar-refractivity contribution in [2.45, 2.75) is 12.5 Å². The van der Waals surface area contributed by atoms with Crippen molar-refractivity contribution in [3.05, 3.63) is 66.6 Å². The molecule has 2 aromatic heterocycles. The summed E-state index contributed by atoms with van der Waals surface area (Å²) < 4.78 is 0. The molecule has 4 rings (SSSR count). The number of nitrogens with one attached hydrogen (secondary N) is 1. The number of amides is 1. The summed E-state index contributed by atoms with van der Waals surface area (Å²) in [4.78, 5) is 20.1. The van der Waals surface area contributed by atoms with Crippen LogP contribution in [0.25, 0.3) is 22.3 Å². The summed E-state index contributed by atoms with van der Waals surface area (Å²) in [5, 5.41) is 2.74. The normalized spacial score (nSPS) is 16.4. The van der Waals surface area contributed by atoms with Crippen molar-refractivity contribution in [3.63, 3.8) is 0 Å². The number of fused-ring (bicyclic) bond motifs is 1. The molecule has 0 saturated heterocycles. The summed E-state index contributed by atoms with van der Waals surface area (Å²) in [6, 6.07) is 13.8. The largest absolute Gasteiger partial charge is 0.320 e. The first kappa shape index (κ1) is 14.5. The van der Waals surface area contributed by atoms with Crippen molar-refractivity contribution < 1.29 is 4.79 Å². The first-order valence-electron chi connectivity index (χ1n) is 7.77. The van der Waals surface area contributed by atoms with Gasteiger partial charge in [-0.2, -0.15) is 0 Å². The maximum absolute atomic E-state index is 11.6. The van der Waals surface area contributed by atoms with Crippen LogP contribution in [0.3, 0.4) is 0 Å². The van der Waals surface area contributed by atoms with E-state index in [-0.39, 0.29) is 5.91 Å². The Balaban J connectivity index is 1.72. The zero-order valence-corrected chi connectivity index (χ0v) is 12.9. The number of benzene rings is 1. The second-order valence-electron chi connectivity index (χ2n) is 5.85. The Bertz CT molecular complexity index is 908. The van der Waals surface area contributed by atoms with Gasteiger partial charge in [-0.25, -0.2) is 4.98 Å². The van der Waals surface area contributed by atoms with Crippen LogP contribution in [0.1, 0.15) is 5.56 Å². The van der Waals surface area contributed by atoms with Crippen LogP contribution in [0, 0.1) is 0 Å². The third-order valence-corrected chi connectivity index (χ3v) is 4.19. The molecule has 0 spiro atoms. The van der Waals surface area contributed by atoms with Gasteiger partial charge in [0.15, 0.2) is 0 Å². The van der Waals surface area contributed by atoms with Gasteiger partial charge in [-0.1, -0.05) is 18.2 Å². The highest BCUT2D eigenvalue weighted by molar-refractivity contribution is 5.97. The Morgan fingerprint density at radius 3 is 2.54 bits per heavy atom. The van der Waals surface area contributed by atoms with Crippen molar-refractivity contribution in [3.8, 4) is 22.3 Å². The quantitative estimate of drug-likeness (QED) is 0.761. The van der Waals surface area contributed by atoms with Gasteiger partial charge in [0.2, 0.25) is 5.91 Å². The first-order valence-corrected chi connectivity index (χ1v) is 7.77. The summed E-state index contributed by atoms with van der Waals surface area (Å²) in [6.07, 6.45) is 5.85. The molecule has 1 unspecified atom stereocenters.